The smallest absolute Gasteiger partial charge is 0.127 e. The second-order valence-electron chi connectivity index (χ2n) is 2.33. The predicted octanol–water partition coefficient (Wildman–Crippen LogP) is 0.525. The summed E-state index contributed by atoms with van der Waals surface area (Å²) in [6, 6.07) is 2.13. The molecule has 0 aromatic rings. The van der Waals surface area contributed by atoms with Gasteiger partial charge in [0, 0.05) is 6.61 Å². The van der Waals surface area contributed by atoms with Crippen LogP contribution in [0.4, 0.5) is 0 Å². The summed E-state index contributed by atoms with van der Waals surface area (Å²) in [6.45, 7) is 4.81. The quantitative estimate of drug-likeness (QED) is 0.622. The van der Waals surface area contributed by atoms with Crippen LogP contribution in [-0.4, -0.2) is 25.8 Å². The van der Waals surface area contributed by atoms with Crippen LogP contribution < -0.4 is 5.32 Å². The van der Waals surface area contributed by atoms with Crippen molar-refractivity contribution in [1.82, 2.24) is 5.32 Å². The second-order valence-corrected chi connectivity index (χ2v) is 2.33. The first-order chi connectivity index (χ1) is 4.68. The first-order valence-electron chi connectivity index (χ1n) is 3.36. The van der Waals surface area contributed by atoms with Crippen LogP contribution in [0.2, 0.25) is 0 Å². The number of hydrogen-bond acceptors (Lipinski definition) is 3. The van der Waals surface area contributed by atoms with Crippen molar-refractivity contribution in [3.05, 3.63) is 0 Å². The third kappa shape index (κ3) is 2.81. The normalized spacial score (nSPS) is 15.8. The molecule has 0 aromatic heterocycles. The first-order valence-corrected chi connectivity index (χ1v) is 3.36. The maximum absolute atomic E-state index is 8.62. The van der Waals surface area contributed by atoms with E-state index < -0.39 is 5.54 Å². The fraction of sp³-hybridized carbons (Fsp3) is 0.857. The molecule has 3 heteroatoms. The molecule has 0 aliphatic carbocycles. The molecular weight excluding hydrogens is 128 g/mol. The highest BCUT2D eigenvalue weighted by molar-refractivity contribution is 5.02. The zero-order valence-electron chi connectivity index (χ0n) is 6.77. The molecule has 3 nitrogen and oxygen atoms in total. The molecule has 0 saturated heterocycles. The van der Waals surface area contributed by atoms with E-state index in [1.165, 1.54) is 0 Å². The Morgan fingerprint density at radius 3 is 2.60 bits per heavy atom. The van der Waals surface area contributed by atoms with E-state index in [4.69, 9.17) is 10.00 Å². The average Bonchev–Trinajstić information content (AvgIpc) is 2.00. The highest BCUT2D eigenvalue weighted by Crippen LogP contribution is 2.00. The minimum atomic E-state index is -0.532. The van der Waals surface area contributed by atoms with E-state index in [0.717, 1.165) is 0 Å². The Kier molecular flexibility index (Phi) is 4.01. The van der Waals surface area contributed by atoms with Gasteiger partial charge in [-0.05, 0) is 20.9 Å². The van der Waals surface area contributed by atoms with Crippen molar-refractivity contribution in [2.45, 2.75) is 19.4 Å². The molecule has 0 rings (SSSR count). The molecule has 0 amide bonds. The maximum Gasteiger partial charge on any atom is 0.127 e. The van der Waals surface area contributed by atoms with Crippen molar-refractivity contribution in [3.8, 4) is 6.07 Å². The van der Waals surface area contributed by atoms with Gasteiger partial charge in [-0.3, -0.25) is 0 Å². The zero-order chi connectivity index (χ0) is 8.04. The van der Waals surface area contributed by atoms with Crippen molar-refractivity contribution in [2.24, 2.45) is 0 Å². The number of nitrogens with one attached hydrogen (secondary N) is 1. The molecule has 0 heterocycles. The first kappa shape index (κ1) is 9.41. The highest BCUT2D eigenvalue weighted by atomic mass is 16.5. The summed E-state index contributed by atoms with van der Waals surface area (Å²) in [7, 11) is 1.75. The lowest BCUT2D eigenvalue weighted by molar-refractivity contribution is 0.109. The van der Waals surface area contributed by atoms with Crippen molar-refractivity contribution in [1.29, 1.82) is 5.26 Å². The van der Waals surface area contributed by atoms with E-state index in [1.54, 1.807) is 7.05 Å². The van der Waals surface area contributed by atoms with Gasteiger partial charge in [0.15, 0.2) is 0 Å². The summed E-state index contributed by atoms with van der Waals surface area (Å²) in [4.78, 5) is 0. The van der Waals surface area contributed by atoms with Crippen LogP contribution in [0.1, 0.15) is 13.8 Å². The van der Waals surface area contributed by atoms with Gasteiger partial charge in [-0.1, -0.05) is 0 Å². The van der Waals surface area contributed by atoms with Crippen LogP contribution >= 0.6 is 0 Å². The molecule has 1 N–H and O–H groups in total. The van der Waals surface area contributed by atoms with Gasteiger partial charge in [0.05, 0.1) is 12.7 Å². The Balaban J connectivity index is 3.72. The molecule has 0 bridgehead atoms. The van der Waals surface area contributed by atoms with Gasteiger partial charge >= 0.3 is 0 Å². The van der Waals surface area contributed by atoms with Crippen molar-refractivity contribution >= 4 is 0 Å². The Morgan fingerprint density at radius 1 is 1.70 bits per heavy atom. The third-order valence-corrected chi connectivity index (χ3v) is 1.39. The van der Waals surface area contributed by atoms with Crippen molar-refractivity contribution < 1.29 is 4.74 Å². The molecule has 58 valence electrons. The maximum atomic E-state index is 8.62. The van der Waals surface area contributed by atoms with Gasteiger partial charge in [0.1, 0.15) is 5.54 Å². The molecule has 0 aliphatic heterocycles. The van der Waals surface area contributed by atoms with Crippen LogP contribution in [0.3, 0.4) is 0 Å². The SMILES string of the molecule is CCOCC(C)(C#N)NC. The predicted molar refractivity (Wildman–Crippen MR) is 39.6 cm³/mol. The van der Waals surface area contributed by atoms with E-state index in [2.05, 4.69) is 11.4 Å². The minimum absolute atomic E-state index is 0.441. The number of hydrogen-bond donors (Lipinski definition) is 1. The summed E-state index contributed by atoms with van der Waals surface area (Å²) >= 11 is 0. The van der Waals surface area contributed by atoms with Gasteiger partial charge in [-0.2, -0.15) is 5.26 Å². The average molecular weight is 142 g/mol. The Labute approximate surface area is 62.0 Å². The number of nitriles is 1. The van der Waals surface area contributed by atoms with Gasteiger partial charge in [-0.15, -0.1) is 0 Å². The fourth-order valence-electron chi connectivity index (χ4n) is 0.467. The lowest BCUT2D eigenvalue weighted by atomic mass is 10.1. The van der Waals surface area contributed by atoms with Gasteiger partial charge in [0.2, 0.25) is 0 Å². The standard InChI is InChI=1S/C7H14N2O/c1-4-10-6-7(2,5-8)9-3/h9H,4,6H2,1-3H3. The lowest BCUT2D eigenvalue weighted by Gasteiger charge is -2.19. The van der Waals surface area contributed by atoms with Crippen LogP contribution in [0.5, 0.6) is 0 Å². The van der Waals surface area contributed by atoms with E-state index in [-0.39, 0.29) is 0 Å². The van der Waals surface area contributed by atoms with Gasteiger partial charge in [0.25, 0.3) is 0 Å². The molecule has 0 radical (unpaired) electrons. The summed E-state index contributed by atoms with van der Waals surface area (Å²) in [5.74, 6) is 0. The van der Waals surface area contributed by atoms with Gasteiger partial charge in [-0.25, -0.2) is 0 Å². The van der Waals surface area contributed by atoms with Crippen LogP contribution in [0.25, 0.3) is 0 Å². The summed E-state index contributed by atoms with van der Waals surface area (Å²) in [5.41, 5.74) is -0.532. The van der Waals surface area contributed by atoms with Crippen LogP contribution in [-0.2, 0) is 4.74 Å². The number of ether oxygens (including phenoxy) is 1. The number of rotatable bonds is 4. The molecule has 0 aromatic carbocycles. The topological polar surface area (TPSA) is 45.0 Å². The van der Waals surface area contributed by atoms with Crippen LogP contribution in [0, 0.1) is 11.3 Å². The molecule has 0 saturated carbocycles. The summed E-state index contributed by atoms with van der Waals surface area (Å²) in [6.07, 6.45) is 0. The van der Waals surface area contributed by atoms with E-state index in [9.17, 15) is 0 Å². The molecule has 10 heavy (non-hydrogen) atoms. The zero-order valence-corrected chi connectivity index (χ0v) is 6.77. The summed E-state index contributed by atoms with van der Waals surface area (Å²) < 4.78 is 5.10. The lowest BCUT2D eigenvalue weighted by Crippen LogP contribution is -2.42. The Bertz CT molecular complexity index is 130. The van der Waals surface area contributed by atoms with Crippen molar-refractivity contribution in [3.63, 3.8) is 0 Å². The van der Waals surface area contributed by atoms with Gasteiger partial charge < -0.3 is 10.1 Å². The molecule has 0 aliphatic rings. The summed E-state index contributed by atoms with van der Waals surface area (Å²) in [5, 5.41) is 11.5. The number of nitrogens with zero attached hydrogens (tertiary/aromatic N) is 1. The fourth-order valence-corrected chi connectivity index (χ4v) is 0.467. The molecule has 0 spiro atoms. The molecule has 1 unspecified atom stereocenters. The third-order valence-electron chi connectivity index (χ3n) is 1.39. The monoisotopic (exact) mass is 142 g/mol. The van der Waals surface area contributed by atoms with Crippen molar-refractivity contribution in [2.75, 3.05) is 20.3 Å². The Morgan fingerprint density at radius 2 is 2.30 bits per heavy atom. The largest absolute Gasteiger partial charge is 0.379 e. The minimum Gasteiger partial charge on any atom is -0.379 e. The Hall–Kier alpha value is -0.590. The highest BCUT2D eigenvalue weighted by Gasteiger charge is 2.20. The number of likely N-dealkylation sites (N-methyl/N-ethyl adjacent to an activating group) is 1. The van der Waals surface area contributed by atoms with E-state index in [1.807, 2.05) is 13.8 Å². The molecule has 1 atom stereocenters. The molecular formula is C7H14N2O. The molecule has 0 fully saturated rings. The van der Waals surface area contributed by atoms with E-state index >= 15 is 0 Å². The van der Waals surface area contributed by atoms with Crippen LogP contribution in [0.15, 0.2) is 0 Å². The van der Waals surface area contributed by atoms with E-state index in [0.29, 0.717) is 13.2 Å². The second kappa shape index (κ2) is 4.26.